The summed E-state index contributed by atoms with van der Waals surface area (Å²) >= 11 is 1.38. The van der Waals surface area contributed by atoms with Crippen molar-refractivity contribution < 1.29 is 9.47 Å². The zero-order chi connectivity index (χ0) is 21.4. The van der Waals surface area contributed by atoms with Gasteiger partial charge in [0, 0.05) is 0 Å². The van der Waals surface area contributed by atoms with Crippen LogP contribution in [0.2, 0.25) is 0 Å². The van der Waals surface area contributed by atoms with Crippen LogP contribution in [0.1, 0.15) is 16.7 Å². The van der Waals surface area contributed by atoms with E-state index < -0.39 is 0 Å². The molecule has 154 valence electrons. The SMILES string of the molecule is COc1cc(C=c2sc3nc4ccccc4n3c2=O)ccc1OCc1ccc(C)cc1. The monoisotopic (exact) mass is 428 g/mol. The number of hydrogen-bond acceptors (Lipinski definition) is 5. The van der Waals surface area contributed by atoms with Crippen LogP contribution in [0, 0.1) is 6.92 Å². The van der Waals surface area contributed by atoms with E-state index in [0.717, 1.165) is 22.2 Å². The molecule has 0 N–H and O–H groups in total. The van der Waals surface area contributed by atoms with Crippen molar-refractivity contribution in [1.82, 2.24) is 9.38 Å². The topological polar surface area (TPSA) is 52.8 Å². The third-order valence-corrected chi connectivity index (χ3v) is 6.11. The van der Waals surface area contributed by atoms with Crippen LogP contribution in [0.15, 0.2) is 71.5 Å². The van der Waals surface area contributed by atoms with Crippen LogP contribution < -0.4 is 19.6 Å². The molecule has 0 aliphatic rings. The molecule has 5 nitrogen and oxygen atoms in total. The highest BCUT2D eigenvalue weighted by Gasteiger charge is 2.11. The first-order chi connectivity index (χ1) is 15.1. The highest BCUT2D eigenvalue weighted by Crippen LogP contribution is 2.29. The van der Waals surface area contributed by atoms with Crippen molar-refractivity contribution in [3.8, 4) is 11.5 Å². The lowest BCUT2D eigenvalue weighted by Crippen LogP contribution is -2.22. The number of aromatic nitrogens is 2. The second-order valence-corrected chi connectivity index (χ2v) is 8.33. The fourth-order valence-electron chi connectivity index (χ4n) is 3.50. The van der Waals surface area contributed by atoms with Gasteiger partial charge in [0.1, 0.15) is 6.61 Å². The first kappa shape index (κ1) is 19.3. The Morgan fingerprint density at radius 1 is 1.03 bits per heavy atom. The summed E-state index contributed by atoms with van der Waals surface area (Å²) in [5.74, 6) is 1.29. The van der Waals surface area contributed by atoms with E-state index in [1.807, 2.05) is 48.5 Å². The van der Waals surface area contributed by atoms with Crippen molar-refractivity contribution in [2.75, 3.05) is 7.11 Å². The van der Waals surface area contributed by atoms with E-state index >= 15 is 0 Å². The van der Waals surface area contributed by atoms with Crippen LogP contribution in [0.25, 0.3) is 22.1 Å². The second-order valence-electron chi connectivity index (χ2n) is 7.32. The minimum Gasteiger partial charge on any atom is -0.493 e. The molecule has 0 bridgehead atoms. The van der Waals surface area contributed by atoms with Gasteiger partial charge in [-0.05, 0) is 48.4 Å². The lowest BCUT2D eigenvalue weighted by Gasteiger charge is -2.11. The van der Waals surface area contributed by atoms with Crippen LogP contribution in [0.3, 0.4) is 0 Å². The van der Waals surface area contributed by atoms with E-state index in [-0.39, 0.29) is 5.56 Å². The summed E-state index contributed by atoms with van der Waals surface area (Å²) in [6, 6.07) is 21.6. The fourth-order valence-corrected chi connectivity index (χ4v) is 4.49. The Bertz CT molecular complexity index is 1500. The molecule has 0 spiro atoms. The van der Waals surface area contributed by atoms with Gasteiger partial charge < -0.3 is 9.47 Å². The fraction of sp³-hybridized carbons (Fsp3) is 0.120. The molecule has 2 aromatic heterocycles. The molecule has 0 aliphatic carbocycles. The first-order valence-electron chi connectivity index (χ1n) is 9.90. The highest BCUT2D eigenvalue weighted by atomic mass is 32.1. The molecule has 2 heterocycles. The molecule has 0 amide bonds. The predicted octanol–water partition coefficient (Wildman–Crippen LogP) is 4.35. The van der Waals surface area contributed by atoms with Crippen molar-refractivity contribution in [2.24, 2.45) is 0 Å². The largest absolute Gasteiger partial charge is 0.493 e. The average molecular weight is 429 g/mol. The zero-order valence-corrected chi connectivity index (χ0v) is 18.0. The number of imidazole rings is 1. The Balaban J connectivity index is 1.46. The number of fused-ring (bicyclic) bond motifs is 3. The number of hydrogen-bond donors (Lipinski definition) is 0. The standard InChI is InChI=1S/C25H20N2O3S/c1-16-7-9-17(10-8-16)15-30-21-12-11-18(13-22(21)29-2)14-23-24(28)27-20-6-4-3-5-19(20)26-25(27)31-23/h3-14H,15H2,1-2H3. The van der Waals surface area contributed by atoms with Gasteiger partial charge in [0.05, 0.1) is 22.7 Å². The molecule has 3 aromatic carbocycles. The summed E-state index contributed by atoms with van der Waals surface area (Å²) in [6.07, 6.45) is 1.86. The van der Waals surface area contributed by atoms with E-state index in [9.17, 15) is 4.79 Å². The average Bonchev–Trinajstić information content (AvgIpc) is 3.30. The molecule has 6 heteroatoms. The summed E-state index contributed by atoms with van der Waals surface area (Å²) in [5.41, 5.74) is 4.77. The lowest BCUT2D eigenvalue weighted by molar-refractivity contribution is 0.284. The van der Waals surface area contributed by atoms with Gasteiger partial charge in [0.2, 0.25) is 0 Å². The Labute approximate surface area is 182 Å². The van der Waals surface area contributed by atoms with Crippen LogP contribution in [0.4, 0.5) is 0 Å². The normalized spacial score (nSPS) is 12.0. The van der Waals surface area contributed by atoms with Gasteiger partial charge in [-0.3, -0.25) is 4.79 Å². The van der Waals surface area contributed by atoms with Gasteiger partial charge in [0.15, 0.2) is 16.5 Å². The van der Waals surface area contributed by atoms with Crippen LogP contribution >= 0.6 is 11.3 Å². The Kier molecular flexibility index (Phi) is 4.92. The molecule has 0 saturated carbocycles. The molecule has 0 fully saturated rings. The Hall–Kier alpha value is -3.64. The maximum atomic E-state index is 13.0. The molecular weight excluding hydrogens is 408 g/mol. The van der Waals surface area contributed by atoms with Gasteiger partial charge in [-0.25, -0.2) is 9.38 Å². The summed E-state index contributed by atoms with van der Waals surface area (Å²) in [7, 11) is 1.61. The first-order valence-corrected chi connectivity index (χ1v) is 10.7. The van der Waals surface area contributed by atoms with Crippen LogP contribution in [-0.4, -0.2) is 16.5 Å². The highest BCUT2D eigenvalue weighted by molar-refractivity contribution is 7.15. The van der Waals surface area contributed by atoms with E-state index in [2.05, 4.69) is 36.2 Å². The lowest BCUT2D eigenvalue weighted by atomic mass is 10.1. The van der Waals surface area contributed by atoms with Crippen LogP contribution in [0.5, 0.6) is 11.5 Å². The quantitative estimate of drug-likeness (QED) is 0.418. The molecule has 5 aromatic rings. The van der Waals surface area contributed by atoms with Crippen molar-refractivity contribution in [2.45, 2.75) is 13.5 Å². The van der Waals surface area contributed by atoms with E-state index in [1.54, 1.807) is 11.5 Å². The van der Waals surface area contributed by atoms with Crippen molar-refractivity contribution in [3.05, 3.63) is 98.3 Å². The van der Waals surface area contributed by atoms with Crippen molar-refractivity contribution in [3.63, 3.8) is 0 Å². The van der Waals surface area contributed by atoms with E-state index in [4.69, 9.17) is 9.47 Å². The number of methoxy groups -OCH3 is 1. The number of nitrogens with zero attached hydrogens (tertiary/aromatic N) is 2. The van der Waals surface area contributed by atoms with Crippen LogP contribution in [-0.2, 0) is 6.61 Å². The maximum absolute atomic E-state index is 13.0. The number of thiazole rings is 1. The molecular formula is C25H20N2O3S. The number of rotatable bonds is 5. The predicted molar refractivity (Wildman–Crippen MR) is 124 cm³/mol. The third-order valence-electron chi connectivity index (χ3n) is 5.15. The van der Waals surface area contributed by atoms with Crippen molar-refractivity contribution >= 4 is 33.4 Å². The van der Waals surface area contributed by atoms with Gasteiger partial charge >= 0.3 is 0 Å². The second kappa shape index (κ2) is 7.89. The van der Waals surface area contributed by atoms with Gasteiger partial charge in [-0.15, -0.1) is 0 Å². The number of aryl methyl sites for hydroxylation is 1. The van der Waals surface area contributed by atoms with E-state index in [0.29, 0.717) is 27.6 Å². The Morgan fingerprint density at radius 3 is 2.65 bits per heavy atom. The van der Waals surface area contributed by atoms with Gasteiger partial charge in [0.25, 0.3) is 5.56 Å². The minimum absolute atomic E-state index is 0.0626. The van der Waals surface area contributed by atoms with Crippen molar-refractivity contribution in [1.29, 1.82) is 0 Å². The summed E-state index contributed by atoms with van der Waals surface area (Å²) < 4.78 is 13.8. The summed E-state index contributed by atoms with van der Waals surface area (Å²) in [4.78, 5) is 18.2. The number of para-hydroxylation sites is 2. The molecule has 31 heavy (non-hydrogen) atoms. The van der Waals surface area contributed by atoms with Gasteiger partial charge in [-0.2, -0.15) is 0 Å². The zero-order valence-electron chi connectivity index (χ0n) is 17.2. The summed E-state index contributed by atoms with van der Waals surface area (Å²) in [6.45, 7) is 2.52. The smallest absolute Gasteiger partial charge is 0.274 e. The molecule has 0 aliphatic heterocycles. The summed E-state index contributed by atoms with van der Waals surface area (Å²) in [5, 5.41) is 0. The maximum Gasteiger partial charge on any atom is 0.274 e. The molecule has 0 saturated heterocycles. The number of ether oxygens (including phenoxy) is 2. The molecule has 5 rings (SSSR count). The molecule has 0 atom stereocenters. The van der Waals surface area contributed by atoms with Gasteiger partial charge in [-0.1, -0.05) is 59.4 Å². The molecule has 0 radical (unpaired) electrons. The Morgan fingerprint density at radius 2 is 1.84 bits per heavy atom. The third kappa shape index (κ3) is 3.66. The van der Waals surface area contributed by atoms with E-state index in [1.165, 1.54) is 16.9 Å². The molecule has 0 unspecified atom stereocenters. The number of benzene rings is 3. The minimum atomic E-state index is -0.0626.